The maximum absolute atomic E-state index is 9.80. The Hall–Kier alpha value is -0.280. The van der Waals surface area contributed by atoms with Gasteiger partial charge in [0.05, 0.1) is 6.10 Å². The van der Waals surface area contributed by atoms with E-state index >= 15 is 0 Å². The lowest BCUT2D eigenvalue weighted by Crippen LogP contribution is -3.00. The van der Waals surface area contributed by atoms with E-state index in [1.165, 1.54) is 0 Å². The summed E-state index contributed by atoms with van der Waals surface area (Å²) >= 11 is 5.95. The Balaban J connectivity index is 0.00000196. The first kappa shape index (κ1) is 14.7. The zero-order valence-electron chi connectivity index (χ0n) is 8.87. The van der Waals surface area contributed by atoms with Crippen molar-refractivity contribution in [2.24, 2.45) is 0 Å². The van der Waals surface area contributed by atoms with E-state index in [1.54, 1.807) is 6.07 Å². The highest BCUT2D eigenvalue weighted by Gasteiger charge is 2.10. The zero-order chi connectivity index (χ0) is 10.6. The molecule has 0 bridgehead atoms. The molecule has 0 aliphatic heterocycles. The van der Waals surface area contributed by atoms with Crippen LogP contribution in [0.15, 0.2) is 24.3 Å². The van der Waals surface area contributed by atoms with E-state index < -0.39 is 6.10 Å². The van der Waals surface area contributed by atoms with Crippen molar-refractivity contribution in [3.63, 3.8) is 0 Å². The number of hydrogen-bond donors (Lipinski definition) is 2. The minimum absolute atomic E-state index is 0. The Morgan fingerprint density at radius 1 is 1.33 bits per heavy atom. The van der Waals surface area contributed by atoms with Crippen LogP contribution in [0.5, 0.6) is 0 Å². The lowest BCUT2D eigenvalue weighted by molar-refractivity contribution is -0.00000460. The average Bonchev–Trinajstić information content (AvgIpc) is 2.15. The van der Waals surface area contributed by atoms with Crippen LogP contribution in [0.3, 0.4) is 0 Å². The molecule has 2 nitrogen and oxygen atoms in total. The van der Waals surface area contributed by atoms with Crippen molar-refractivity contribution in [2.75, 3.05) is 6.54 Å². The van der Waals surface area contributed by atoms with Gasteiger partial charge in [0.25, 0.3) is 0 Å². The average molecular weight is 249 g/mol. The van der Waals surface area contributed by atoms with Crippen molar-refractivity contribution in [1.82, 2.24) is 5.32 Å². The first-order valence-electron chi connectivity index (χ1n) is 4.77. The molecule has 1 aromatic carbocycles. The van der Waals surface area contributed by atoms with Gasteiger partial charge >= 0.3 is 0 Å². The van der Waals surface area contributed by atoms with Gasteiger partial charge in [0, 0.05) is 23.2 Å². The molecule has 4 heteroatoms. The second kappa shape index (κ2) is 7.07. The Morgan fingerprint density at radius 3 is 2.47 bits per heavy atom. The number of halogens is 2. The molecule has 0 aliphatic carbocycles. The largest absolute Gasteiger partial charge is 1.00 e. The lowest BCUT2D eigenvalue weighted by Gasteiger charge is -2.15. The minimum Gasteiger partial charge on any atom is -1.00 e. The molecule has 0 heterocycles. The molecule has 1 atom stereocenters. The predicted octanol–water partition coefficient (Wildman–Crippen LogP) is -0.625. The molecule has 1 unspecified atom stereocenters. The van der Waals surface area contributed by atoms with Crippen molar-refractivity contribution < 1.29 is 17.5 Å². The molecule has 0 aromatic heterocycles. The number of rotatable bonds is 4. The number of hydrogen-bond acceptors (Lipinski definition) is 2. The van der Waals surface area contributed by atoms with Crippen molar-refractivity contribution >= 4 is 11.6 Å². The summed E-state index contributed by atoms with van der Waals surface area (Å²) < 4.78 is 0. The van der Waals surface area contributed by atoms with E-state index in [0.717, 1.165) is 5.56 Å². The monoisotopic (exact) mass is 248 g/mol. The second-order valence-corrected chi connectivity index (χ2v) is 4.01. The standard InChI is InChI=1S/C11H16ClNO.ClH/c1-8(2)13-7-11(14)9-5-3-4-6-10(9)12;/h3-6,8,11,13-14H,7H2,1-2H3;1H/p-1. The minimum atomic E-state index is -0.536. The van der Waals surface area contributed by atoms with Gasteiger partial charge in [-0.3, -0.25) is 0 Å². The fourth-order valence-electron chi connectivity index (χ4n) is 1.20. The Labute approximate surface area is 102 Å². The molecule has 0 spiro atoms. The number of aliphatic hydroxyl groups is 1. The van der Waals surface area contributed by atoms with E-state index in [2.05, 4.69) is 5.32 Å². The summed E-state index contributed by atoms with van der Waals surface area (Å²) in [5, 5.41) is 13.6. The van der Waals surface area contributed by atoms with Crippen LogP contribution in [-0.4, -0.2) is 17.7 Å². The van der Waals surface area contributed by atoms with Gasteiger partial charge < -0.3 is 22.8 Å². The second-order valence-electron chi connectivity index (χ2n) is 3.60. The molecular formula is C11H16Cl2NO-. The molecule has 15 heavy (non-hydrogen) atoms. The third-order valence-corrected chi connectivity index (χ3v) is 2.33. The van der Waals surface area contributed by atoms with Crippen molar-refractivity contribution in [2.45, 2.75) is 26.0 Å². The lowest BCUT2D eigenvalue weighted by atomic mass is 10.1. The molecule has 0 fully saturated rings. The molecule has 0 aliphatic rings. The molecule has 1 aromatic rings. The van der Waals surface area contributed by atoms with Crippen LogP contribution in [0.25, 0.3) is 0 Å². The SMILES string of the molecule is CC(C)NCC(O)c1ccccc1Cl.[Cl-]. The summed E-state index contributed by atoms with van der Waals surface area (Å²) in [7, 11) is 0. The number of nitrogens with one attached hydrogen (secondary N) is 1. The molecule has 0 radical (unpaired) electrons. The third kappa shape index (κ3) is 4.85. The topological polar surface area (TPSA) is 32.3 Å². The first-order chi connectivity index (χ1) is 6.61. The molecular weight excluding hydrogens is 233 g/mol. The van der Waals surface area contributed by atoms with Crippen LogP contribution >= 0.6 is 11.6 Å². The molecule has 86 valence electrons. The summed E-state index contributed by atoms with van der Waals surface area (Å²) in [6.45, 7) is 4.61. The van der Waals surface area contributed by atoms with E-state index in [0.29, 0.717) is 17.6 Å². The van der Waals surface area contributed by atoms with Gasteiger partial charge in [-0.2, -0.15) is 0 Å². The van der Waals surface area contributed by atoms with Crippen LogP contribution in [0.1, 0.15) is 25.5 Å². The highest BCUT2D eigenvalue weighted by Crippen LogP contribution is 2.21. The van der Waals surface area contributed by atoms with Crippen molar-refractivity contribution in [3.8, 4) is 0 Å². The van der Waals surface area contributed by atoms with Crippen LogP contribution in [-0.2, 0) is 0 Å². The molecule has 0 amide bonds. The summed E-state index contributed by atoms with van der Waals surface area (Å²) in [5.41, 5.74) is 0.780. The maximum Gasteiger partial charge on any atom is 0.0928 e. The Morgan fingerprint density at radius 2 is 1.93 bits per heavy atom. The van der Waals surface area contributed by atoms with E-state index in [1.807, 2.05) is 32.0 Å². The molecule has 0 saturated heterocycles. The van der Waals surface area contributed by atoms with Gasteiger partial charge in [0.1, 0.15) is 0 Å². The van der Waals surface area contributed by atoms with Crippen LogP contribution < -0.4 is 17.7 Å². The van der Waals surface area contributed by atoms with Crippen LogP contribution in [0.2, 0.25) is 5.02 Å². The van der Waals surface area contributed by atoms with Crippen molar-refractivity contribution in [1.29, 1.82) is 0 Å². The predicted molar refractivity (Wildman–Crippen MR) is 59.6 cm³/mol. The van der Waals surface area contributed by atoms with Crippen molar-refractivity contribution in [3.05, 3.63) is 34.9 Å². The van der Waals surface area contributed by atoms with Gasteiger partial charge in [-0.05, 0) is 6.07 Å². The fourth-order valence-corrected chi connectivity index (χ4v) is 1.46. The smallest absolute Gasteiger partial charge is 0.0928 e. The molecule has 1 rings (SSSR count). The van der Waals surface area contributed by atoms with Gasteiger partial charge in [0.15, 0.2) is 0 Å². The molecule has 2 N–H and O–H groups in total. The third-order valence-electron chi connectivity index (χ3n) is 1.98. The van der Waals surface area contributed by atoms with Gasteiger partial charge in [-0.25, -0.2) is 0 Å². The summed E-state index contributed by atoms with van der Waals surface area (Å²) in [6.07, 6.45) is -0.536. The van der Waals surface area contributed by atoms with Crippen LogP contribution in [0.4, 0.5) is 0 Å². The number of benzene rings is 1. The summed E-state index contributed by atoms with van der Waals surface area (Å²) in [5.74, 6) is 0. The van der Waals surface area contributed by atoms with Gasteiger partial charge in [-0.1, -0.05) is 43.6 Å². The van der Waals surface area contributed by atoms with E-state index in [-0.39, 0.29) is 12.4 Å². The number of aliphatic hydroxyl groups excluding tert-OH is 1. The highest BCUT2D eigenvalue weighted by molar-refractivity contribution is 6.31. The summed E-state index contributed by atoms with van der Waals surface area (Å²) in [6, 6.07) is 7.73. The Kier molecular flexibility index (Phi) is 6.94. The first-order valence-corrected chi connectivity index (χ1v) is 5.15. The van der Waals surface area contributed by atoms with Crippen LogP contribution in [0, 0.1) is 0 Å². The Bertz CT molecular complexity index is 292. The molecule has 0 saturated carbocycles. The van der Waals surface area contributed by atoms with E-state index in [9.17, 15) is 5.11 Å². The van der Waals surface area contributed by atoms with E-state index in [4.69, 9.17) is 11.6 Å². The maximum atomic E-state index is 9.80. The zero-order valence-corrected chi connectivity index (χ0v) is 10.4. The fraction of sp³-hybridized carbons (Fsp3) is 0.455. The quantitative estimate of drug-likeness (QED) is 0.745. The summed E-state index contributed by atoms with van der Waals surface area (Å²) in [4.78, 5) is 0. The van der Waals surface area contributed by atoms with Gasteiger partial charge in [0.2, 0.25) is 0 Å². The highest BCUT2D eigenvalue weighted by atomic mass is 35.5. The van der Waals surface area contributed by atoms with Gasteiger partial charge in [-0.15, -0.1) is 0 Å². The normalized spacial score (nSPS) is 12.3.